The summed E-state index contributed by atoms with van der Waals surface area (Å²) in [5.74, 6) is 1.13. The van der Waals surface area contributed by atoms with Crippen LogP contribution in [-0.4, -0.2) is 41.0 Å². The fraction of sp³-hybridized carbons (Fsp3) is 0.571. The van der Waals surface area contributed by atoms with Crippen LogP contribution in [0.5, 0.6) is 0 Å². The van der Waals surface area contributed by atoms with E-state index in [-0.39, 0.29) is 12.1 Å². The lowest BCUT2D eigenvalue weighted by molar-refractivity contribution is -0.137. The molecule has 28 heavy (non-hydrogen) atoms. The summed E-state index contributed by atoms with van der Waals surface area (Å²) in [6.07, 6.45) is 1.83. The first-order valence-electron chi connectivity index (χ1n) is 9.75. The number of aryl methyl sites for hydroxylation is 1. The molecular weight excluding hydrogens is 367 g/mol. The van der Waals surface area contributed by atoms with Crippen LogP contribution in [0.2, 0.25) is 0 Å². The molecule has 1 aromatic carbocycles. The van der Waals surface area contributed by atoms with E-state index < -0.39 is 11.7 Å². The van der Waals surface area contributed by atoms with E-state index in [4.69, 9.17) is 4.74 Å². The van der Waals surface area contributed by atoms with Crippen LogP contribution in [-0.2, 0) is 17.5 Å². The Balaban J connectivity index is 1.41. The van der Waals surface area contributed by atoms with Gasteiger partial charge in [-0.2, -0.15) is 18.3 Å². The van der Waals surface area contributed by atoms with Crippen LogP contribution < -0.4 is 0 Å². The van der Waals surface area contributed by atoms with E-state index in [0.717, 1.165) is 37.1 Å². The molecule has 4 atom stereocenters. The van der Waals surface area contributed by atoms with Gasteiger partial charge < -0.3 is 4.74 Å². The Bertz CT molecular complexity index is 802. The van der Waals surface area contributed by atoms with Gasteiger partial charge in [-0.1, -0.05) is 12.1 Å². The number of hydrogen-bond acceptors (Lipinski definition) is 3. The van der Waals surface area contributed by atoms with Crippen LogP contribution in [0, 0.1) is 18.8 Å². The number of benzene rings is 1. The molecule has 1 aliphatic heterocycles. The highest BCUT2D eigenvalue weighted by Gasteiger charge is 2.43. The number of hydrogen-bond donors (Lipinski definition) is 0. The van der Waals surface area contributed by atoms with Crippen LogP contribution in [0.4, 0.5) is 13.2 Å². The number of methoxy groups -OCH3 is 1. The lowest BCUT2D eigenvalue weighted by Gasteiger charge is -2.37. The Morgan fingerprint density at radius 3 is 2.36 bits per heavy atom. The maximum absolute atomic E-state index is 12.7. The third-order valence-electron chi connectivity index (χ3n) is 6.22. The Hall–Kier alpha value is -1.86. The third kappa shape index (κ3) is 3.96. The maximum atomic E-state index is 12.7. The zero-order valence-corrected chi connectivity index (χ0v) is 16.2. The van der Waals surface area contributed by atoms with Gasteiger partial charge in [-0.05, 0) is 54.9 Å². The summed E-state index contributed by atoms with van der Waals surface area (Å²) in [6, 6.07) is 5.78. The van der Waals surface area contributed by atoms with E-state index >= 15 is 0 Å². The van der Waals surface area contributed by atoms with Crippen molar-refractivity contribution in [1.29, 1.82) is 0 Å². The number of nitrogens with zero attached hydrogens (tertiary/aromatic N) is 3. The molecule has 1 saturated heterocycles. The van der Waals surface area contributed by atoms with Gasteiger partial charge in [0.1, 0.15) is 0 Å². The largest absolute Gasteiger partial charge is 0.416 e. The van der Waals surface area contributed by atoms with Crippen molar-refractivity contribution < 1.29 is 17.9 Å². The fourth-order valence-electron chi connectivity index (χ4n) is 4.82. The lowest BCUT2D eigenvalue weighted by atomic mass is 9.77. The zero-order valence-electron chi connectivity index (χ0n) is 16.2. The minimum atomic E-state index is -4.28. The number of aromatic nitrogens is 2. The Morgan fingerprint density at radius 2 is 1.79 bits per heavy atom. The summed E-state index contributed by atoms with van der Waals surface area (Å²) >= 11 is 0. The van der Waals surface area contributed by atoms with Crippen molar-refractivity contribution in [3.05, 3.63) is 53.3 Å². The first-order valence-corrected chi connectivity index (χ1v) is 9.75. The summed E-state index contributed by atoms with van der Waals surface area (Å²) in [7, 11) is 1.77. The van der Waals surface area contributed by atoms with Crippen molar-refractivity contribution in [2.45, 2.75) is 44.6 Å². The monoisotopic (exact) mass is 393 g/mol. The third-order valence-corrected chi connectivity index (χ3v) is 6.22. The number of halogens is 3. The van der Waals surface area contributed by atoms with E-state index in [9.17, 15) is 13.2 Å². The molecule has 1 aliphatic carbocycles. The highest BCUT2D eigenvalue weighted by molar-refractivity contribution is 5.24. The van der Waals surface area contributed by atoms with E-state index in [0.29, 0.717) is 18.4 Å². The van der Waals surface area contributed by atoms with E-state index in [2.05, 4.69) is 16.2 Å². The topological polar surface area (TPSA) is 30.3 Å². The van der Waals surface area contributed by atoms with Gasteiger partial charge in [-0.15, -0.1) is 0 Å². The minimum absolute atomic E-state index is 0.145. The van der Waals surface area contributed by atoms with E-state index in [1.807, 2.05) is 17.8 Å². The summed E-state index contributed by atoms with van der Waals surface area (Å²) in [5.41, 5.74) is 1.48. The zero-order chi connectivity index (χ0) is 19.9. The number of fused-ring (bicyclic) bond motifs is 1. The van der Waals surface area contributed by atoms with Crippen molar-refractivity contribution >= 4 is 0 Å². The predicted molar refractivity (Wildman–Crippen MR) is 99.7 cm³/mol. The van der Waals surface area contributed by atoms with Crippen molar-refractivity contribution in [1.82, 2.24) is 14.7 Å². The second-order valence-corrected chi connectivity index (χ2v) is 8.22. The molecule has 1 saturated carbocycles. The van der Waals surface area contributed by atoms with Crippen molar-refractivity contribution in [3.8, 4) is 0 Å². The fourth-order valence-corrected chi connectivity index (χ4v) is 4.82. The Morgan fingerprint density at radius 1 is 1.11 bits per heavy atom. The molecule has 4 nitrogen and oxygen atoms in total. The first kappa shape index (κ1) is 19.5. The van der Waals surface area contributed by atoms with Crippen LogP contribution in [0.15, 0.2) is 36.7 Å². The van der Waals surface area contributed by atoms with Crippen LogP contribution in [0.3, 0.4) is 0 Å². The van der Waals surface area contributed by atoms with Gasteiger partial charge >= 0.3 is 6.18 Å². The Kier molecular flexibility index (Phi) is 5.22. The number of ether oxygens (including phenoxy) is 1. The second kappa shape index (κ2) is 7.52. The van der Waals surface area contributed by atoms with Gasteiger partial charge in [0.25, 0.3) is 0 Å². The normalized spacial score (nSPS) is 28.5. The molecule has 152 valence electrons. The SMILES string of the molecule is CO[C@H]1C[C@@H]2CN(Cc3ccc(C(F)(F)F)cc3)C[C@@H]2C[C@@H]1n1cc(C)cn1. The minimum Gasteiger partial charge on any atom is -0.379 e. The molecule has 2 heterocycles. The van der Waals surface area contributed by atoms with Crippen LogP contribution in [0.25, 0.3) is 0 Å². The van der Waals surface area contributed by atoms with Gasteiger partial charge in [0.15, 0.2) is 0 Å². The van der Waals surface area contributed by atoms with Crippen LogP contribution in [0.1, 0.15) is 35.6 Å². The highest BCUT2D eigenvalue weighted by Crippen LogP contribution is 2.42. The molecule has 0 N–H and O–H groups in total. The lowest BCUT2D eigenvalue weighted by Crippen LogP contribution is -2.37. The standard InChI is InChI=1S/C21H26F3N3O/c1-14-9-25-27(10-14)19-7-16-12-26(13-17(16)8-20(19)28-2)11-15-3-5-18(6-4-15)21(22,23)24/h3-6,9-10,16-17,19-20H,7-8,11-13H2,1-2H3/t16-,17+,19-,20-/m0/s1. The van der Waals surface area contributed by atoms with Crippen LogP contribution >= 0.6 is 0 Å². The predicted octanol–water partition coefficient (Wildman–Crippen LogP) is 4.31. The highest BCUT2D eigenvalue weighted by atomic mass is 19.4. The van der Waals surface area contributed by atoms with Gasteiger partial charge in [-0.3, -0.25) is 9.58 Å². The molecule has 0 amide bonds. The maximum Gasteiger partial charge on any atom is 0.416 e. The molecule has 2 fully saturated rings. The number of rotatable bonds is 4. The number of alkyl halides is 3. The van der Waals surface area contributed by atoms with Gasteiger partial charge in [0.2, 0.25) is 0 Å². The number of likely N-dealkylation sites (tertiary alicyclic amines) is 1. The summed E-state index contributed by atoms with van der Waals surface area (Å²) in [4.78, 5) is 2.36. The second-order valence-electron chi connectivity index (χ2n) is 8.22. The smallest absolute Gasteiger partial charge is 0.379 e. The van der Waals surface area contributed by atoms with Gasteiger partial charge in [-0.25, -0.2) is 0 Å². The average Bonchev–Trinajstić information content (AvgIpc) is 3.25. The molecular formula is C21H26F3N3O. The first-order chi connectivity index (χ1) is 13.3. The molecule has 4 rings (SSSR count). The average molecular weight is 393 g/mol. The summed E-state index contributed by atoms with van der Waals surface area (Å²) in [5, 5.41) is 4.50. The van der Waals surface area contributed by atoms with Crippen molar-refractivity contribution in [3.63, 3.8) is 0 Å². The molecule has 0 radical (unpaired) electrons. The molecule has 0 bridgehead atoms. The molecule has 0 spiro atoms. The molecule has 7 heteroatoms. The quantitative estimate of drug-likeness (QED) is 0.776. The summed E-state index contributed by atoms with van der Waals surface area (Å²) in [6.45, 7) is 4.67. The van der Waals surface area contributed by atoms with Crippen molar-refractivity contribution in [2.24, 2.45) is 11.8 Å². The molecule has 1 aromatic heterocycles. The van der Waals surface area contributed by atoms with Gasteiger partial charge in [0.05, 0.1) is 23.9 Å². The van der Waals surface area contributed by atoms with E-state index in [1.165, 1.54) is 12.1 Å². The molecule has 0 unspecified atom stereocenters. The van der Waals surface area contributed by atoms with Gasteiger partial charge in [0, 0.05) is 32.9 Å². The Labute approximate surface area is 163 Å². The van der Waals surface area contributed by atoms with Crippen molar-refractivity contribution in [2.75, 3.05) is 20.2 Å². The molecule has 2 aliphatic rings. The summed E-state index contributed by atoms with van der Waals surface area (Å²) < 4.78 is 46.1. The van der Waals surface area contributed by atoms with E-state index in [1.54, 1.807) is 19.2 Å². The molecule has 2 aromatic rings.